The molecule has 3 aromatic rings. The average Bonchev–Trinajstić information content (AvgIpc) is 2.88. The second-order valence-corrected chi connectivity index (χ2v) is 10.0. The second-order valence-electron chi connectivity index (χ2n) is 10.0. The van der Waals surface area contributed by atoms with Gasteiger partial charge in [-0.1, -0.05) is 6.07 Å². The molecule has 2 amide bonds. The lowest BCUT2D eigenvalue weighted by molar-refractivity contribution is 0.0164. The number of halogens is 3. The smallest absolute Gasteiger partial charge is 0.410 e. The van der Waals surface area contributed by atoms with Gasteiger partial charge in [-0.2, -0.15) is 4.98 Å². The van der Waals surface area contributed by atoms with Crippen LogP contribution >= 0.6 is 0 Å². The van der Waals surface area contributed by atoms with Crippen molar-refractivity contribution in [2.75, 3.05) is 25.0 Å². The highest BCUT2D eigenvalue weighted by molar-refractivity contribution is 6.03. The summed E-state index contributed by atoms with van der Waals surface area (Å²) in [5.41, 5.74) is -2.01. The van der Waals surface area contributed by atoms with E-state index in [0.717, 1.165) is 30.3 Å². The quantitative estimate of drug-likeness (QED) is 0.454. The van der Waals surface area contributed by atoms with Crippen LogP contribution in [0, 0.1) is 23.4 Å². The van der Waals surface area contributed by atoms with E-state index in [1.165, 1.54) is 12.5 Å². The summed E-state index contributed by atoms with van der Waals surface area (Å²) >= 11 is 0. The fourth-order valence-corrected chi connectivity index (χ4v) is 3.98. The number of ether oxygens (including phenoxy) is 2. The molecule has 1 aromatic carbocycles. The monoisotopic (exact) mass is 543 g/mol. The molecule has 12 heteroatoms. The first-order chi connectivity index (χ1) is 18.5. The number of nitrogens with one attached hydrogen (secondary N) is 1. The molecule has 0 bridgehead atoms. The number of amides is 2. The Morgan fingerprint density at radius 3 is 2.41 bits per heavy atom. The molecule has 1 fully saturated rings. The first-order valence-corrected chi connectivity index (χ1v) is 12.3. The van der Waals surface area contributed by atoms with Gasteiger partial charge in [-0.25, -0.2) is 27.9 Å². The lowest BCUT2D eigenvalue weighted by Gasteiger charge is -2.33. The number of benzene rings is 1. The lowest BCUT2D eigenvalue weighted by atomic mass is 9.98. The number of anilines is 1. The van der Waals surface area contributed by atoms with Crippen LogP contribution < -0.4 is 10.1 Å². The first kappa shape index (κ1) is 27.8. The van der Waals surface area contributed by atoms with E-state index < -0.39 is 40.2 Å². The summed E-state index contributed by atoms with van der Waals surface area (Å²) < 4.78 is 54.1. The molecule has 9 nitrogen and oxygen atoms in total. The zero-order chi connectivity index (χ0) is 28.2. The Balaban J connectivity index is 1.40. The lowest BCUT2D eigenvalue weighted by Crippen LogP contribution is -2.42. The molecule has 2 aromatic heterocycles. The van der Waals surface area contributed by atoms with Gasteiger partial charge in [-0.05, 0) is 63.8 Å². The van der Waals surface area contributed by atoms with E-state index in [-0.39, 0.29) is 35.9 Å². The van der Waals surface area contributed by atoms with Crippen molar-refractivity contribution >= 4 is 17.7 Å². The van der Waals surface area contributed by atoms with Crippen LogP contribution in [0.25, 0.3) is 11.3 Å². The molecule has 0 spiro atoms. The second kappa shape index (κ2) is 11.7. The predicted octanol–water partition coefficient (Wildman–Crippen LogP) is 5.23. The summed E-state index contributed by atoms with van der Waals surface area (Å²) in [7, 11) is 0. The summed E-state index contributed by atoms with van der Waals surface area (Å²) in [5.74, 6) is -3.54. The minimum atomic E-state index is -1.01. The summed E-state index contributed by atoms with van der Waals surface area (Å²) in [6, 6.07) is 5.09. The summed E-state index contributed by atoms with van der Waals surface area (Å²) in [5, 5.41) is 2.55. The number of hydrogen-bond acceptors (Lipinski definition) is 7. The Hall–Kier alpha value is -4.22. The van der Waals surface area contributed by atoms with Crippen LogP contribution in [0.2, 0.25) is 0 Å². The molecule has 1 saturated heterocycles. The number of aromatic nitrogens is 3. The standard InChI is InChI=1S/C27H28F3N5O4/c1-27(2,3)39-26(37)35-11-9-16(10-12-35)14-38-25-21(13-31-15-32-25)34-24(36)20-8-7-19(30)23(33-20)22-17(28)5-4-6-18(22)29/h4-8,13,15-16H,9-12,14H2,1-3H3,(H,34,36). The van der Waals surface area contributed by atoms with Crippen molar-refractivity contribution in [2.24, 2.45) is 5.92 Å². The van der Waals surface area contributed by atoms with Gasteiger partial charge in [0, 0.05) is 13.1 Å². The average molecular weight is 544 g/mol. The zero-order valence-electron chi connectivity index (χ0n) is 21.7. The van der Waals surface area contributed by atoms with E-state index in [1.54, 1.807) is 4.90 Å². The predicted molar refractivity (Wildman–Crippen MR) is 136 cm³/mol. The number of hydrogen-bond donors (Lipinski definition) is 1. The van der Waals surface area contributed by atoms with Crippen molar-refractivity contribution in [3.8, 4) is 17.1 Å². The third-order valence-electron chi connectivity index (χ3n) is 5.92. The SMILES string of the molecule is CC(C)(C)OC(=O)N1CCC(COc2ncncc2NC(=O)c2ccc(F)c(-c3c(F)cccc3F)n2)CC1. The number of carbonyl (C=O) groups is 2. The Morgan fingerprint density at radius 2 is 1.74 bits per heavy atom. The van der Waals surface area contributed by atoms with Crippen LogP contribution in [0.1, 0.15) is 44.1 Å². The van der Waals surface area contributed by atoms with Gasteiger partial charge in [0.05, 0.1) is 18.4 Å². The van der Waals surface area contributed by atoms with Gasteiger partial charge in [0.25, 0.3) is 5.91 Å². The fraction of sp³-hybridized carbons (Fsp3) is 0.370. The molecule has 1 aliphatic heterocycles. The summed E-state index contributed by atoms with van der Waals surface area (Å²) in [6.45, 7) is 6.79. The molecule has 206 valence electrons. The van der Waals surface area contributed by atoms with E-state index in [1.807, 2.05) is 20.8 Å². The highest BCUT2D eigenvalue weighted by atomic mass is 19.1. The maximum atomic E-state index is 14.4. The van der Waals surface area contributed by atoms with Gasteiger partial charge >= 0.3 is 6.09 Å². The molecular weight excluding hydrogens is 515 g/mol. The maximum absolute atomic E-state index is 14.4. The van der Waals surface area contributed by atoms with Crippen molar-refractivity contribution in [1.29, 1.82) is 0 Å². The van der Waals surface area contributed by atoms with Gasteiger partial charge in [-0.15, -0.1) is 0 Å². The van der Waals surface area contributed by atoms with E-state index in [9.17, 15) is 22.8 Å². The van der Waals surface area contributed by atoms with Gasteiger partial charge < -0.3 is 19.7 Å². The molecule has 0 unspecified atom stereocenters. The molecular formula is C27H28F3N5O4. The zero-order valence-corrected chi connectivity index (χ0v) is 21.7. The molecule has 39 heavy (non-hydrogen) atoms. The van der Waals surface area contributed by atoms with E-state index in [2.05, 4.69) is 20.3 Å². The number of piperidine rings is 1. The van der Waals surface area contributed by atoms with Crippen LogP contribution in [0.3, 0.4) is 0 Å². The van der Waals surface area contributed by atoms with Gasteiger partial charge in [0.15, 0.2) is 0 Å². The number of likely N-dealkylation sites (tertiary alicyclic amines) is 1. The Morgan fingerprint density at radius 1 is 1.05 bits per heavy atom. The first-order valence-electron chi connectivity index (χ1n) is 12.3. The van der Waals surface area contributed by atoms with E-state index in [4.69, 9.17) is 9.47 Å². The number of carbonyl (C=O) groups excluding carboxylic acids is 2. The normalized spacial score (nSPS) is 14.2. The van der Waals surface area contributed by atoms with Crippen LogP contribution in [0.4, 0.5) is 23.7 Å². The fourth-order valence-electron chi connectivity index (χ4n) is 3.98. The van der Waals surface area contributed by atoms with Crippen LogP contribution in [-0.2, 0) is 4.74 Å². The van der Waals surface area contributed by atoms with E-state index in [0.29, 0.717) is 25.9 Å². The molecule has 0 saturated carbocycles. The van der Waals surface area contributed by atoms with Crippen molar-refractivity contribution in [3.63, 3.8) is 0 Å². The highest BCUT2D eigenvalue weighted by Crippen LogP contribution is 2.28. The highest BCUT2D eigenvalue weighted by Gasteiger charge is 2.27. The van der Waals surface area contributed by atoms with Gasteiger partial charge in [-0.3, -0.25) is 4.79 Å². The van der Waals surface area contributed by atoms with Crippen molar-refractivity contribution in [2.45, 2.75) is 39.2 Å². The minimum absolute atomic E-state index is 0.107. The maximum Gasteiger partial charge on any atom is 0.410 e. The molecule has 1 aliphatic rings. The molecule has 4 rings (SSSR count). The third-order valence-corrected chi connectivity index (χ3v) is 5.92. The van der Waals surface area contributed by atoms with E-state index >= 15 is 0 Å². The van der Waals surface area contributed by atoms with Crippen LogP contribution in [-0.4, -0.2) is 57.1 Å². The van der Waals surface area contributed by atoms with Crippen LogP contribution in [0.5, 0.6) is 5.88 Å². The van der Waals surface area contributed by atoms with Crippen molar-refractivity contribution in [1.82, 2.24) is 19.9 Å². The largest absolute Gasteiger partial charge is 0.476 e. The Labute approximate surface area is 223 Å². The summed E-state index contributed by atoms with van der Waals surface area (Å²) in [4.78, 5) is 38.7. The Bertz CT molecular complexity index is 1340. The number of nitrogens with zero attached hydrogens (tertiary/aromatic N) is 4. The number of rotatable bonds is 6. The summed E-state index contributed by atoms with van der Waals surface area (Å²) in [6.07, 6.45) is 3.62. The Kier molecular flexibility index (Phi) is 8.32. The van der Waals surface area contributed by atoms with Gasteiger partial charge in [0.1, 0.15) is 46.5 Å². The van der Waals surface area contributed by atoms with Gasteiger partial charge in [0.2, 0.25) is 5.88 Å². The number of pyridine rings is 1. The van der Waals surface area contributed by atoms with Crippen LogP contribution in [0.15, 0.2) is 42.9 Å². The molecule has 0 aliphatic carbocycles. The molecule has 1 N–H and O–H groups in total. The van der Waals surface area contributed by atoms with Crippen molar-refractivity contribution in [3.05, 3.63) is 66.0 Å². The molecule has 0 atom stereocenters. The van der Waals surface area contributed by atoms with Crippen molar-refractivity contribution < 1.29 is 32.2 Å². The third kappa shape index (κ3) is 7.01. The topological polar surface area (TPSA) is 107 Å². The molecule has 3 heterocycles. The minimum Gasteiger partial charge on any atom is -0.476 e. The molecule has 0 radical (unpaired) electrons.